The molecule has 1 aliphatic rings. The Morgan fingerprint density at radius 1 is 0.952 bits per heavy atom. The minimum atomic E-state index is 0.624. The predicted molar refractivity (Wildman–Crippen MR) is 86.2 cm³/mol. The minimum Gasteiger partial charge on any atom is -0.185 e. The van der Waals surface area contributed by atoms with Gasteiger partial charge in [-0.15, -0.1) is 0 Å². The highest BCUT2D eigenvalue weighted by molar-refractivity contribution is 4.88. The molecule has 0 amide bonds. The van der Waals surface area contributed by atoms with Gasteiger partial charge in [0, 0.05) is 0 Å². The zero-order valence-corrected chi connectivity index (χ0v) is 14.5. The Labute approximate surface area is 128 Å². The van der Waals surface area contributed by atoms with Crippen molar-refractivity contribution in [1.29, 1.82) is 0 Å². The van der Waals surface area contributed by atoms with E-state index in [0.29, 0.717) is 6.04 Å². The van der Waals surface area contributed by atoms with Gasteiger partial charge in [0.1, 0.15) is 0 Å². The van der Waals surface area contributed by atoms with Crippen LogP contribution in [-0.4, -0.2) is 30.0 Å². The van der Waals surface area contributed by atoms with Crippen LogP contribution in [0.15, 0.2) is 12.4 Å². The Morgan fingerprint density at radius 2 is 1.48 bits per heavy atom. The lowest BCUT2D eigenvalue weighted by atomic mass is 10.6. The van der Waals surface area contributed by atoms with Crippen molar-refractivity contribution in [2.24, 2.45) is 0 Å². The minimum absolute atomic E-state index is 0.624. The fourth-order valence-electron chi connectivity index (χ4n) is 1.37. The largest absolute Gasteiger partial charge is 0.185 e. The molecule has 0 saturated heterocycles. The average Bonchev–Trinajstić information content (AvgIpc) is 3.16. The fourth-order valence-corrected chi connectivity index (χ4v) is 1.37. The lowest BCUT2D eigenvalue weighted by Gasteiger charge is -1.89. The van der Waals surface area contributed by atoms with E-state index in [-0.39, 0.29) is 0 Å². The second-order valence-corrected chi connectivity index (χ2v) is 4.21. The molecule has 6 nitrogen and oxygen atoms in total. The van der Waals surface area contributed by atoms with E-state index in [9.17, 15) is 0 Å². The summed E-state index contributed by atoms with van der Waals surface area (Å²) < 4.78 is 0. The SMILES string of the molecule is CC.CC.CCn1ncc(C)n1.Cc1cnn(C2CC2)n1. The average molecular weight is 294 g/mol. The first-order chi connectivity index (χ1) is 10.2. The first kappa shape index (κ1) is 19.3. The molecule has 2 heterocycles. The van der Waals surface area contributed by atoms with Crippen molar-refractivity contribution in [3.05, 3.63) is 23.8 Å². The Morgan fingerprint density at radius 3 is 1.76 bits per heavy atom. The number of aromatic nitrogens is 6. The zero-order valence-electron chi connectivity index (χ0n) is 14.5. The second-order valence-electron chi connectivity index (χ2n) is 4.21. The summed E-state index contributed by atoms with van der Waals surface area (Å²) in [5.41, 5.74) is 1.99. The number of hydrogen-bond acceptors (Lipinski definition) is 4. The Hall–Kier alpha value is -1.72. The van der Waals surface area contributed by atoms with Crippen molar-refractivity contribution < 1.29 is 0 Å². The highest BCUT2D eigenvalue weighted by Crippen LogP contribution is 2.32. The Bertz CT molecular complexity index is 470. The van der Waals surface area contributed by atoms with Gasteiger partial charge in [-0.2, -0.15) is 30.0 Å². The lowest BCUT2D eigenvalue weighted by Crippen LogP contribution is -1.97. The molecule has 0 atom stereocenters. The van der Waals surface area contributed by atoms with Crippen molar-refractivity contribution in [3.63, 3.8) is 0 Å². The van der Waals surface area contributed by atoms with E-state index in [1.165, 1.54) is 12.8 Å². The molecule has 0 aromatic carbocycles. The van der Waals surface area contributed by atoms with Crippen molar-refractivity contribution in [3.8, 4) is 0 Å². The van der Waals surface area contributed by atoms with Gasteiger partial charge < -0.3 is 0 Å². The Kier molecular flexibility index (Phi) is 10.1. The number of rotatable bonds is 2. The summed E-state index contributed by atoms with van der Waals surface area (Å²) in [6, 6.07) is 0.624. The van der Waals surface area contributed by atoms with Gasteiger partial charge in [-0.05, 0) is 33.6 Å². The summed E-state index contributed by atoms with van der Waals surface area (Å²) in [6.07, 6.45) is 6.07. The van der Waals surface area contributed by atoms with Crippen molar-refractivity contribution in [2.75, 3.05) is 0 Å². The number of nitrogens with zero attached hydrogens (tertiary/aromatic N) is 6. The van der Waals surface area contributed by atoms with Gasteiger partial charge in [-0.3, -0.25) is 0 Å². The lowest BCUT2D eigenvalue weighted by molar-refractivity contribution is 0.550. The van der Waals surface area contributed by atoms with Crippen LogP contribution in [0.2, 0.25) is 0 Å². The zero-order chi connectivity index (χ0) is 16.3. The third-order valence-electron chi connectivity index (χ3n) is 2.43. The summed E-state index contributed by atoms with van der Waals surface area (Å²) in [6.45, 7) is 14.8. The van der Waals surface area contributed by atoms with E-state index in [1.807, 2.05) is 53.3 Å². The molecule has 0 unspecified atom stereocenters. The van der Waals surface area contributed by atoms with Crippen LogP contribution in [0.3, 0.4) is 0 Å². The number of hydrogen-bond donors (Lipinski definition) is 0. The molecule has 0 radical (unpaired) electrons. The van der Waals surface area contributed by atoms with Crippen LogP contribution in [0.1, 0.15) is 64.9 Å². The van der Waals surface area contributed by atoms with Crippen molar-refractivity contribution >= 4 is 0 Å². The molecule has 0 aliphatic heterocycles. The van der Waals surface area contributed by atoms with Crippen LogP contribution >= 0.6 is 0 Å². The normalized spacial score (nSPS) is 12.1. The van der Waals surface area contributed by atoms with E-state index in [0.717, 1.165) is 17.9 Å². The van der Waals surface area contributed by atoms with E-state index in [4.69, 9.17) is 0 Å². The number of aryl methyl sites for hydroxylation is 3. The molecule has 6 heteroatoms. The quantitative estimate of drug-likeness (QED) is 0.849. The van der Waals surface area contributed by atoms with Crippen molar-refractivity contribution in [1.82, 2.24) is 30.0 Å². The maximum Gasteiger partial charge on any atom is 0.0796 e. The molecule has 0 spiro atoms. The Balaban J connectivity index is 0.000000311. The molecule has 1 aliphatic carbocycles. The topological polar surface area (TPSA) is 61.4 Å². The van der Waals surface area contributed by atoms with Crippen LogP contribution in [0.4, 0.5) is 0 Å². The summed E-state index contributed by atoms with van der Waals surface area (Å²) in [5, 5.41) is 16.2. The van der Waals surface area contributed by atoms with Crippen LogP contribution in [0.25, 0.3) is 0 Å². The van der Waals surface area contributed by atoms with Gasteiger partial charge in [-0.25, -0.2) is 0 Å². The fraction of sp³-hybridized carbons (Fsp3) is 0.733. The smallest absolute Gasteiger partial charge is 0.0796 e. The van der Waals surface area contributed by atoms with Crippen LogP contribution < -0.4 is 0 Å². The maximum absolute atomic E-state index is 4.18. The molecule has 120 valence electrons. The van der Waals surface area contributed by atoms with Gasteiger partial charge in [0.15, 0.2) is 0 Å². The van der Waals surface area contributed by atoms with Gasteiger partial charge in [0.05, 0.1) is 36.4 Å². The summed E-state index contributed by atoms with van der Waals surface area (Å²) in [5.74, 6) is 0. The molecule has 0 N–H and O–H groups in total. The summed E-state index contributed by atoms with van der Waals surface area (Å²) >= 11 is 0. The maximum atomic E-state index is 4.18. The molecular weight excluding hydrogens is 264 g/mol. The van der Waals surface area contributed by atoms with E-state index >= 15 is 0 Å². The summed E-state index contributed by atoms with van der Waals surface area (Å²) in [4.78, 5) is 3.48. The molecule has 21 heavy (non-hydrogen) atoms. The molecular formula is C15H30N6. The van der Waals surface area contributed by atoms with E-state index in [1.54, 1.807) is 17.2 Å². The molecule has 1 fully saturated rings. The van der Waals surface area contributed by atoms with E-state index in [2.05, 4.69) is 20.4 Å². The summed E-state index contributed by atoms with van der Waals surface area (Å²) in [7, 11) is 0. The monoisotopic (exact) mass is 294 g/mol. The molecule has 2 aromatic heterocycles. The van der Waals surface area contributed by atoms with Crippen LogP contribution in [0, 0.1) is 13.8 Å². The first-order valence-corrected chi connectivity index (χ1v) is 7.94. The molecule has 3 rings (SSSR count). The van der Waals surface area contributed by atoms with Crippen molar-refractivity contribution in [2.45, 2.75) is 73.9 Å². The third kappa shape index (κ3) is 7.58. The predicted octanol–water partition coefficient (Wildman–Crippen LogP) is 3.58. The molecule has 1 saturated carbocycles. The highest BCUT2D eigenvalue weighted by Gasteiger charge is 2.25. The second kappa shape index (κ2) is 11.0. The standard InChI is InChI=1S/C6H9N3.C5H9N3.2C2H6/c1-5-4-7-9(8-5)6-2-3-6;1-3-8-6-4-5(2)7-8;2*1-2/h4,6H,2-3H2,1H3;4H,3H2,1-2H3;2*1-2H3. The van der Waals surface area contributed by atoms with E-state index < -0.39 is 0 Å². The van der Waals surface area contributed by atoms with Crippen LogP contribution in [0.5, 0.6) is 0 Å². The first-order valence-electron chi connectivity index (χ1n) is 7.94. The molecule has 0 bridgehead atoms. The van der Waals surface area contributed by atoms with Gasteiger partial charge in [0.2, 0.25) is 0 Å². The van der Waals surface area contributed by atoms with Gasteiger partial charge in [0.25, 0.3) is 0 Å². The van der Waals surface area contributed by atoms with Crippen LogP contribution in [-0.2, 0) is 6.54 Å². The van der Waals surface area contributed by atoms with Gasteiger partial charge in [-0.1, -0.05) is 27.7 Å². The third-order valence-corrected chi connectivity index (χ3v) is 2.43. The highest BCUT2D eigenvalue weighted by atomic mass is 15.5. The molecule has 2 aromatic rings. The van der Waals surface area contributed by atoms with Gasteiger partial charge >= 0.3 is 0 Å².